The van der Waals surface area contributed by atoms with E-state index in [-0.39, 0.29) is 6.04 Å². The molecular formula is C10H21N3O3S2. The molecule has 2 N–H and O–H groups in total. The lowest BCUT2D eigenvalue weighted by atomic mass is 10.3. The van der Waals surface area contributed by atoms with E-state index in [0.29, 0.717) is 44.3 Å². The quantitative estimate of drug-likeness (QED) is 0.695. The van der Waals surface area contributed by atoms with Crippen LogP contribution >= 0.6 is 12.2 Å². The molecule has 8 heteroatoms. The summed E-state index contributed by atoms with van der Waals surface area (Å²) in [5.41, 5.74) is 5.44. The lowest BCUT2D eigenvalue weighted by Gasteiger charge is -2.34. The Morgan fingerprint density at radius 3 is 2.44 bits per heavy atom. The highest BCUT2D eigenvalue weighted by Gasteiger charge is 2.32. The topological polar surface area (TPSA) is 75.9 Å². The highest BCUT2D eigenvalue weighted by molar-refractivity contribution is 7.86. The SMILES string of the molecule is CC(C)N(CCC(N)=S)S(=O)(=O)N1CCOCC1. The standard InChI is InChI=1S/C10H21N3O3S2/c1-9(2)13(4-3-10(11)17)18(14,15)12-5-7-16-8-6-12/h9H,3-8H2,1-2H3,(H2,11,17). The van der Waals surface area contributed by atoms with Gasteiger partial charge in [0, 0.05) is 32.1 Å². The third-order valence-corrected chi connectivity index (χ3v) is 5.17. The maximum absolute atomic E-state index is 12.5. The summed E-state index contributed by atoms with van der Waals surface area (Å²) >= 11 is 4.80. The van der Waals surface area contributed by atoms with Crippen molar-refractivity contribution >= 4 is 27.4 Å². The maximum atomic E-state index is 12.5. The Kier molecular flexibility index (Phi) is 5.93. The Balaban J connectivity index is 2.78. The molecule has 0 atom stereocenters. The molecule has 1 aliphatic heterocycles. The van der Waals surface area contributed by atoms with Crippen LogP contribution in [0.3, 0.4) is 0 Å². The lowest BCUT2D eigenvalue weighted by molar-refractivity contribution is 0.0695. The summed E-state index contributed by atoms with van der Waals surface area (Å²) in [5.74, 6) is 0. The first-order chi connectivity index (χ1) is 8.35. The average molecular weight is 295 g/mol. The molecule has 1 rings (SSSR count). The van der Waals surface area contributed by atoms with Gasteiger partial charge in [-0.05, 0) is 13.8 Å². The van der Waals surface area contributed by atoms with Crippen LogP contribution in [0, 0.1) is 0 Å². The number of hydrogen-bond acceptors (Lipinski definition) is 4. The molecule has 0 bridgehead atoms. The molecule has 1 saturated heterocycles. The highest BCUT2D eigenvalue weighted by atomic mass is 32.2. The third-order valence-electron chi connectivity index (χ3n) is 2.75. The van der Waals surface area contributed by atoms with Gasteiger partial charge in [-0.2, -0.15) is 17.0 Å². The first kappa shape index (κ1) is 15.8. The number of thiocarbonyl (C=S) groups is 1. The van der Waals surface area contributed by atoms with Gasteiger partial charge in [0.05, 0.1) is 18.2 Å². The second-order valence-corrected chi connectivity index (χ2v) is 6.85. The number of rotatable bonds is 6. The van der Waals surface area contributed by atoms with E-state index in [4.69, 9.17) is 22.7 Å². The first-order valence-electron chi connectivity index (χ1n) is 5.98. The molecular weight excluding hydrogens is 274 g/mol. The van der Waals surface area contributed by atoms with Gasteiger partial charge in [-0.25, -0.2) is 0 Å². The van der Waals surface area contributed by atoms with Gasteiger partial charge in [-0.1, -0.05) is 12.2 Å². The van der Waals surface area contributed by atoms with Crippen LogP contribution in [0.4, 0.5) is 0 Å². The fraction of sp³-hybridized carbons (Fsp3) is 0.900. The number of ether oxygens (including phenoxy) is 1. The van der Waals surface area contributed by atoms with Crippen molar-refractivity contribution in [1.29, 1.82) is 0 Å². The zero-order chi connectivity index (χ0) is 13.8. The van der Waals surface area contributed by atoms with Gasteiger partial charge >= 0.3 is 0 Å². The van der Waals surface area contributed by atoms with E-state index in [1.807, 2.05) is 13.8 Å². The van der Waals surface area contributed by atoms with Crippen LogP contribution in [0.1, 0.15) is 20.3 Å². The summed E-state index contributed by atoms with van der Waals surface area (Å²) in [5, 5.41) is 0. The molecule has 6 nitrogen and oxygen atoms in total. The van der Waals surface area contributed by atoms with E-state index in [0.717, 1.165) is 0 Å². The number of morpholine rings is 1. The Bertz CT molecular complexity index is 378. The number of hydrogen-bond donors (Lipinski definition) is 1. The van der Waals surface area contributed by atoms with Crippen molar-refractivity contribution in [3.8, 4) is 0 Å². The number of nitrogens with two attached hydrogens (primary N) is 1. The van der Waals surface area contributed by atoms with Crippen molar-refractivity contribution in [2.45, 2.75) is 26.3 Å². The van der Waals surface area contributed by atoms with Gasteiger partial charge in [0.1, 0.15) is 0 Å². The predicted octanol–water partition coefficient (Wildman–Crippen LogP) is -0.0500. The zero-order valence-electron chi connectivity index (χ0n) is 10.8. The molecule has 106 valence electrons. The molecule has 0 unspecified atom stereocenters. The molecule has 0 radical (unpaired) electrons. The van der Waals surface area contributed by atoms with Crippen molar-refractivity contribution in [2.24, 2.45) is 5.73 Å². The van der Waals surface area contributed by atoms with E-state index in [1.54, 1.807) is 0 Å². The zero-order valence-corrected chi connectivity index (χ0v) is 12.5. The largest absolute Gasteiger partial charge is 0.393 e. The van der Waals surface area contributed by atoms with E-state index >= 15 is 0 Å². The second-order valence-electron chi connectivity index (χ2n) is 4.44. The van der Waals surface area contributed by atoms with E-state index < -0.39 is 10.2 Å². The molecule has 1 heterocycles. The maximum Gasteiger partial charge on any atom is 0.282 e. The molecule has 18 heavy (non-hydrogen) atoms. The fourth-order valence-electron chi connectivity index (χ4n) is 1.79. The molecule has 1 aliphatic rings. The van der Waals surface area contributed by atoms with Gasteiger partial charge in [0.2, 0.25) is 0 Å². The molecule has 0 aromatic carbocycles. The van der Waals surface area contributed by atoms with Gasteiger partial charge in [0.15, 0.2) is 0 Å². The van der Waals surface area contributed by atoms with Crippen LogP contribution in [0.15, 0.2) is 0 Å². The third kappa shape index (κ3) is 4.13. The first-order valence-corrected chi connectivity index (χ1v) is 7.79. The molecule has 0 saturated carbocycles. The minimum absolute atomic E-state index is 0.118. The Labute approximate surface area is 114 Å². The van der Waals surface area contributed by atoms with Crippen molar-refractivity contribution in [2.75, 3.05) is 32.8 Å². The van der Waals surface area contributed by atoms with Crippen LogP contribution in [0.25, 0.3) is 0 Å². The summed E-state index contributed by atoms with van der Waals surface area (Å²) in [6.45, 7) is 5.71. The molecule has 0 aromatic rings. The Morgan fingerprint density at radius 1 is 1.44 bits per heavy atom. The Morgan fingerprint density at radius 2 is 2.00 bits per heavy atom. The minimum Gasteiger partial charge on any atom is -0.393 e. The summed E-state index contributed by atoms with van der Waals surface area (Å²) in [7, 11) is -3.45. The van der Waals surface area contributed by atoms with Gasteiger partial charge in [0.25, 0.3) is 10.2 Å². The molecule has 1 fully saturated rings. The average Bonchev–Trinajstić information content (AvgIpc) is 2.29. The van der Waals surface area contributed by atoms with Gasteiger partial charge in [-0.15, -0.1) is 0 Å². The van der Waals surface area contributed by atoms with Crippen LogP contribution in [-0.4, -0.2) is 60.9 Å². The normalized spacial score (nSPS) is 18.4. The summed E-state index contributed by atoms with van der Waals surface area (Å²) in [6, 6.07) is -0.118. The van der Waals surface area contributed by atoms with Crippen molar-refractivity contribution in [3.63, 3.8) is 0 Å². The Hall–Kier alpha value is -0.280. The smallest absolute Gasteiger partial charge is 0.282 e. The molecule has 0 spiro atoms. The second kappa shape index (κ2) is 6.76. The predicted molar refractivity (Wildman–Crippen MR) is 74.6 cm³/mol. The van der Waals surface area contributed by atoms with Crippen LogP contribution in [-0.2, 0) is 14.9 Å². The van der Waals surface area contributed by atoms with Crippen molar-refractivity contribution < 1.29 is 13.2 Å². The molecule has 0 aromatic heterocycles. The van der Waals surface area contributed by atoms with Crippen LogP contribution in [0.5, 0.6) is 0 Å². The minimum atomic E-state index is -3.45. The van der Waals surface area contributed by atoms with Gasteiger partial charge < -0.3 is 10.5 Å². The summed E-state index contributed by atoms with van der Waals surface area (Å²) < 4.78 is 33.0. The monoisotopic (exact) mass is 295 g/mol. The molecule has 0 aliphatic carbocycles. The van der Waals surface area contributed by atoms with Gasteiger partial charge in [-0.3, -0.25) is 0 Å². The van der Waals surface area contributed by atoms with Crippen LogP contribution < -0.4 is 5.73 Å². The summed E-state index contributed by atoms with van der Waals surface area (Å²) in [4.78, 5) is 0.331. The lowest BCUT2D eigenvalue weighted by Crippen LogP contribution is -2.51. The fourth-order valence-corrected chi connectivity index (χ4v) is 3.64. The molecule has 0 amide bonds. The van der Waals surface area contributed by atoms with E-state index in [2.05, 4.69) is 0 Å². The van der Waals surface area contributed by atoms with E-state index in [1.165, 1.54) is 8.61 Å². The van der Waals surface area contributed by atoms with E-state index in [9.17, 15) is 8.42 Å². The van der Waals surface area contributed by atoms with Crippen LogP contribution in [0.2, 0.25) is 0 Å². The highest BCUT2D eigenvalue weighted by Crippen LogP contribution is 2.14. The number of nitrogens with zero attached hydrogens (tertiary/aromatic N) is 2. The summed E-state index contributed by atoms with van der Waals surface area (Å²) in [6.07, 6.45) is 0.400. The van der Waals surface area contributed by atoms with Crippen molar-refractivity contribution in [1.82, 2.24) is 8.61 Å². The van der Waals surface area contributed by atoms with Crippen molar-refractivity contribution in [3.05, 3.63) is 0 Å².